The van der Waals surface area contributed by atoms with Crippen molar-refractivity contribution in [2.75, 3.05) is 32.8 Å². The van der Waals surface area contributed by atoms with Gasteiger partial charge in [-0.25, -0.2) is 0 Å². The smallest absolute Gasteiger partial charge is 0.416 e. The third kappa shape index (κ3) is 6.32. The summed E-state index contributed by atoms with van der Waals surface area (Å²) in [5.41, 5.74) is 2.44. The highest BCUT2D eigenvalue weighted by molar-refractivity contribution is 8.17. The van der Waals surface area contributed by atoms with Crippen molar-refractivity contribution in [3.63, 3.8) is 0 Å². The van der Waals surface area contributed by atoms with Gasteiger partial charge in [0.25, 0.3) is 0 Å². The Morgan fingerprint density at radius 1 is 0.829 bits per heavy atom. The monoisotopic (exact) mass is 620 g/mol. The second-order valence-electron chi connectivity index (χ2n) is 9.36. The molecular formula is C31H28ClF3O4S2. The molecular weight excluding hydrogens is 593 g/mol. The van der Waals surface area contributed by atoms with Crippen molar-refractivity contribution in [2.45, 2.75) is 23.1 Å². The minimum Gasteiger partial charge on any atom is -0.493 e. The number of benzene rings is 3. The Morgan fingerprint density at radius 2 is 1.44 bits per heavy atom. The number of rotatable bonds is 7. The molecule has 0 saturated carbocycles. The fraction of sp³-hybridized carbons (Fsp3) is 0.290. The zero-order valence-corrected chi connectivity index (χ0v) is 25.0. The van der Waals surface area contributed by atoms with E-state index in [1.165, 1.54) is 12.1 Å². The number of alkyl halides is 3. The van der Waals surface area contributed by atoms with Gasteiger partial charge in [0.1, 0.15) is 16.1 Å². The van der Waals surface area contributed by atoms with E-state index >= 15 is 0 Å². The van der Waals surface area contributed by atoms with Crippen molar-refractivity contribution < 1.29 is 32.1 Å². The molecule has 1 saturated heterocycles. The number of ether oxygens (including phenoxy) is 4. The molecule has 0 N–H and O–H groups in total. The summed E-state index contributed by atoms with van der Waals surface area (Å²) in [5, 5.41) is 0.591. The SMILES string of the molecule is COc1cc(C2=CC(c3ccc(Cl)cc3)C(c3ccc(C(F)(F)F)cc3)=C(C3SCCCS3)O2)cc(OC)c1OC. The number of thioether (sulfide) groups is 2. The molecule has 3 aromatic carbocycles. The first-order valence-corrected chi connectivity index (χ1v) is 15.3. The van der Waals surface area contributed by atoms with Crippen LogP contribution in [0, 0.1) is 0 Å². The maximum absolute atomic E-state index is 13.4. The molecule has 5 rings (SSSR count). The molecule has 10 heteroatoms. The van der Waals surface area contributed by atoms with Crippen LogP contribution in [-0.4, -0.2) is 37.4 Å². The van der Waals surface area contributed by atoms with E-state index in [-0.39, 0.29) is 10.5 Å². The summed E-state index contributed by atoms with van der Waals surface area (Å²) >= 11 is 9.78. The predicted octanol–water partition coefficient (Wildman–Crippen LogP) is 9.15. The Morgan fingerprint density at radius 3 is 1.98 bits per heavy atom. The molecule has 2 aliphatic heterocycles. The molecule has 1 atom stereocenters. The third-order valence-corrected chi connectivity index (χ3v) is 10.0. The standard InChI is InChI=1S/C31H28ClF3O4S2/c1-36-25-15-20(16-26(37-2)28(25)38-3)24-17-23(18-7-11-22(32)12-8-18)27(29(39-24)30-40-13-4-14-41-30)19-5-9-21(10-6-19)31(33,34)35/h5-12,15-17,23,30H,4,13-14H2,1-3H3. The number of allylic oxidation sites excluding steroid dienone is 2. The number of methoxy groups -OCH3 is 3. The summed E-state index contributed by atoms with van der Waals surface area (Å²) in [6, 6.07) is 16.5. The number of hydrogen-bond acceptors (Lipinski definition) is 6. The minimum atomic E-state index is -4.43. The molecule has 1 fully saturated rings. The molecule has 0 radical (unpaired) electrons. The van der Waals surface area contributed by atoms with Gasteiger partial charge in [-0.1, -0.05) is 35.9 Å². The number of halogens is 4. The Kier molecular flexibility index (Phi) is 9.06. The summed E-state index contributed by atoms with van der Waals surface area (Å²) in [4.78, 5) is 0. The topological polar surface area (TPSA) is 36.9 Å². The lowest BCUT2D eigenvalue weighted by Gasteiger charge is -2.33. The average Bonchev–Trinajstić information content (AvgIpc) is 3.00. The quantitative estimate of drug-likeness (QED) is 0.262. The van der Waals surface area contributed by atoms with Gasteiger partial charge in [0.05, 0.1) is 26.9 Å². The van der Waals surface area contributed by atoms with Crippen LogP contribution in [0.4, 0.5) is 13.2 Å². The zero-order valence-electron chi connectivity index (χ0n) is 22.6. The fourth-order valence-corrected chi connectivity index (χ4v) is 7.86. The van der Waals surface area contributed by atoms with Gasteiger partial charge in [-0.2, -0.15) is 13.2 Å². The molecule has 1 unspecified atom stereocenters. The van der Waals surface area contributed by atoms with E-state index in [4.69, 9.17) is 30.5 Å². The summed E-state index contributed by atoms with van der Waals surface area (Å²) < 4.78 is 63.7. The molecule has 2 heterocycles. The van der Waals surface area contributed by atoms with Crippen molar-refractivity contribution in [1.82, 2.24) is 0 Å². The second kappa shape index (κ2) is 12.5. The lowest BCUT2D eigenvalue weighted by atomic mass is 9.83. The summed E-state index contributed by atoms with van der Waals surface area (Å²) in [6.07, 6.45) is -1.37. The van der Waals surface area contributed by atoms with Crippen LogP contribution in [0.15, 0.2) is 72.5 Å². The third-order valence-electron chi connectivity index (χ3n) is 6.86. The normalized spacial score (nSPS) is 18.0. The molecule has 0 bridgehead atoms. The Bertz CT molecular complexity index is 1420. The first-order valence-electron chi connectivity index (χ1n) is 12.8. The number of hydrogen-bond donors (Lipinski definition) is 0. The minimum absolute atomic E-state index is 0.0402. The molecule has 216 valence electrons. The highest BCUT2D eigenvalue weighted by Crippen LogP contribution is 2.51. The Labute approximate surface area is 250 Å². The van der Waals surface area contributed by atoms with Gasteiger partial charge in [-0.3, -0.25) is 0 Å². The Balaban J connectivity index is 1.71. The molecule has 0 spiro atoms. The second-order valence-corrected chi connectivity index (χ2v) is 12.5. The van der Waals surface area contributed by atoms with Crippen molar-refractivity contribution in [2.24, 2.45) is 0 Å². The first-order chi connectivity index (χ1) is 19.7. The van der Waals surface area contributed by atoms with Gasteiger partial charge in [0, 0.05) is 22.1 Å². The maximum atomic E-state index is 13.4. The highest BCUT2D eigenvalue weighted by Gasteiger charge is 2.35. The zero-order chi connectivity index (χ0) is 29.1. The highest BCUT2D eigenvalue weighted by atomic mass is 35.5. The van der Waals surface area contributed by atoms with E-state index in [0.717, 1.165) is 41.2 Å². The van der Waals surface area contributed by atoms with Crippen molar-refractivity contribution in [3.05, 3.63) is 99.8 Å². The van der Waals surface area contributed by atoms with Crippen LogP contribution < -0.4 is 14.2 Å². The largest absolute Gasteiger partial charge is 0.493 e. The van der Waals surface area contributed by atoms with Gasteiger partial charge < -0.3 is 18.9 Å². The van der Waals surface area contributed by atoms with Crippen molar-refractivity contribution in [3.8, 4) is 17.2 Å². The molecule has 0 aliphatic carbocycles. The van der Waals surface area contributed by atoms with E-state index in [0.29, 0.717) is 44.9 Å². The first kappa shape index (κ1) is 29.6. The summed E-state index contributed by atoms with van der Waals surface area (Å²) in [6.45, 7) is 0. The molecule has 0 aromatic heterocycles. The van der Waals surface area contributed by atoms with Gasteiger partial charge in [-0.15, -0.1) is 23.5 Å². The van der Waals surface area contributed by atoms with Gasteiger partial charge >= 0.3 is 6.18 Å². The molecule has 0 amide bonds. The molecule has 2 aliphatic rings. The Hall–Kier alpha value is -2.88. The lowest BCUT2D eigenvalue weighted by Crippen LogP contribution is -2.19. The van der Waals surface area contributed by atoms with Crippen LogP contribution in [0.5, 0.6) is 17.2 Å². The average molecular weight is 621 g/mol. The van der Waals surface area contributed by atoms with Gasteiger partial charge in [0.2, 0.25) is 5.75 Å². The van der Waals surface area contributed by atoms with Crippen molar-refractivity contribution in [1.29, 1.82) is 0 Å². The molecule has 4 nitrogen and oxygen atoms in total. The van der Waals surface area contributed by atoms with Crippen LogP contribution in [0.2, 0.25) is 5.02 Å². The van der Waals surface area contributed by atoms with E-state index < -0.39 is 11.7 Å². The van der Waals surface area contributed by atoms with Gasteiger partial charge in [-0.05, 0) is 71.5 Å². The van der Waals surface area contributed by atoms with Crippen LogP contribution in [-0.2, 0) is 10.9 Å². The van der Waals surface area contributed by atoms with E-state index in [1.807, 2.05) is 42.5 Å². The summed E-state index contributed by atoms with van der Waals surface area (Å²) in [5.74, 6) is 4.31. The van der Waals surface area contributed by atoms with Crippen LogP contribution in [0.1, 0.15) is 34.6 Å². The van der Waals surface area contributed by atoms with Crippen LogP contribution in [0.3, 0.4) is 0 Å². The molecule has 3 aromatic rings. The van der Waals surface area contributed by atoms with Crippen LogP contribution >= 0.6 is 35.1 Å². The van der Waals surface area contributed by atoms with E-state index in [9.17, 15) is 13.2 Å². The van der Waals surface area contributed by atoms with E-state index in [1.54, 1.807) is 44.9 Å². The fourth-order valence-electron chi connectivity index (χ4n) is 4.88. The van der Waals surface area contributed by atoms with E-state index in [2.05, 4.69) is 0 Å². The summed E-state index contributed by atoms with van der Waals surface area (Å²) in [7, 11) is 4.65. The lowest BCUT2D eigenvalue weighted by molar-refractivity contribution is -0.137. The molecule has 41 heavy (non-hydrogen) atoms. The van der Waals surface area contributed by atoms with Gasteiger partial charge in [0.15, 0.2) is 11.5 Å². The maximum Gasteiger partial charge on any atom is 0.416 e. The van der Waals surface area contributed by atoms with Crippen molar-refractivity contribution >= 4 is 46.5 Å². The van der Waals surface area contributed by atoms with Crippen LogP contribution in [0.25, 0.3) is 11.3 Å². The predicted molar refractivity (Wildman–Crippen MR) is 161 cm³/mol.